The van der Waals surface area contributed by atoms with E-state index >= 15 is 0 Å². The van der Waals surface area contributed by atoms with Gasteiger partial charge in [-0.2, -0.15) is 0 Å². The van der Waals surface area contributed by atoms with Gasteiger partial charge in [0, 0.05) is 20.3 Å². The molecule has 3 aromatic rings. The molecule has 0 unspecified atom stereocenters. The van der Waals surface area contributed by atoms with Crippen LogP contribution in [0.5, 0.6) is 0 Å². The fourth-order valence-electron chi connectivity index (χ4n) is 2.58. The van der Waals surface area contributed by atoms with E-state index in [1.807, 2.05) is 24.3 Å². The highest BCUT2D eigenvalue weighted by Gasteiger charge is 2.18. The molecule has 0 aliphatic heterocycles. The maximum atomic E-state index is 12.4. The van der Waals surface area contributed by atoms with Crippen LogP contribution in [0.3, 0.4) is 0 Å². The van der Waals surface area contributed by atoms with Gasteiger partial charge in [0.1, 0.15) is 17.2 Å². The largest absolute Gasteiger partial charge is 0.477 e. The van der Waals surface area contributed by atoms with Crippen LogP contribution in [0.15, 0.2) is 52.6 Å². The molecule has 0 radical (unpaired) electrons. The van der Waals surface area contributed by atoms with Crippen molar-refractivity contribution < 1.29 is 19.1 Å². The number of carboxylic acids is 1. The summed E-state index contributed by atoms with van der Waals surface area (Å²) in [5.74, 6) is -0.734. The van der Waals surface area contributed by atoms with E-state index in [9.17, 15) is 14.7 Å². The van der Waals surface area contributed by atoms with Crippen molar-refractivity contribution in [1.29, 1.82) is 0 Å². The summed E-state index contributed by atoms with van der Waals surface area (Å²) in [7, 11) is 0. The zero-order valence-electron chi connectivity index (χ0n) is 14.6. The van der Waals surface area contributed by atoms with Crippen LogP contribution in [0, 0.1) is 13.8 Å². The van der Waals surface area contributed by atoms with Gasteiger partial charge < -0.3 is 14.8 Å². The number of carbonyl (C=O) groups is 2. The van der Waals surface area contributed by atoms with Crippen LogP contribution in [0.4, 0.5) is 0 Å². The number of carbonyl (C=O) groups excluding carboxylic acids is 1. The van der Waals surface area contributed by atoms with Crippen molar-refractivity contribution in [3.63, 3.8) is 0 Å². The van der Waals surface area contributed by atoms with Gasteiger partial charge in [-0.15, -0.1) is 11.3 Å². The molecule has 2 aromatic heterocycles. The van der Waals surface area contributed by atoms with Gasteiger partial charge in [0.25, 0.3) is 5.91 Å². The Morgan fingerprint density at radius 1 is 1.19 bits per heavy atom. The molecule has 0 aliphatic carbocycles. The molecule has 5 nitrogen and oxygen atoms in total. The average Bonchev–Trinajstić information content (AvgIpc) is 3.20. The van der Waals surface area contributed by atoms with Gasteiger partial charge >= 0.3 is 5.97 Å². The van der Waals surface area contributed by atoms with E-state index in [-0.39, 0.29) is 5.70 Å². The Labute approximate surface area is 164 Å². The summed E-state index contributed by atoms with van der Waals surface area (Å²) in [6.07, 6.45) is 1.42. The molecule has 7 heteroatoms. The third kappa shape index (κ3) is 4.30. The van der Waals surface area contributed by atoms with Crippen LogP contribution in [0.1, 0.15) is 26.8 Å². The number of nitrogens with one attached hydrogen (secondary N) is 1. The van der Waals surface area contributed by atoms with Gasteiger partial charge in [0.15, 0.2) is 0 Å². The van der Waals surface area contributed by atoms with Gasteiger partial charge in [0.2, 0.25) is 0 Å². The summed E-state index contributed by atoms with van der Waals surface area (Å²) in [4.78, 5) is 25.5. The fourth-order valence-corrected chi connectivity index (χ4v) is 3.86. The van der Waals surface area contributed by atoms with Crippen LogP contribution in [0.25, 0.3) is 16.5 Å². The number of halogens is 1. The molecule has 0 fully saturated rings. The Balaban J connectivity index is 1.86. The average molecular weight is 402 g/mol. The van der Waals surface area contributed by atoms with Gasteiger partial charge in [-0.1, -0.05) is 29.8 Å². The lowest BCUT2D eigenvalue weighted by atomic mass is 10.2. The van der Waals surface area contributed by atoms with Crippen LogP contribution in [0.2, 0.25) is 5.02 Å². The molecule has 27 heavy (non-hydrogen) atoms. The number of hydrogen-bond donors (Lipinski definition) is 2. The topological polar surface area (TPSA) is 79.5 Å². The Morgan fingerprint density at radius 3 is 2.56 bits per heavy atom. The first-order chi connectivity index (χ1) is 12.8. The van der Waals surface area contributed by atoms with E-state index in [4.69, 9.17) is 16.0 Å². The highest BCUT2D eigenvalue weighted by Crippen LogP contribution is 2.33. The highest BCUT2D eigenvalue weighted by molar-refractivity contribution is 7.16. The Morgan fingerprint density at radius 2 is 1.93 bits per heavy atom. The fraction of sp³-hybridized carbons (Fsp3) is 0.100. The molecule has 1 amide bonds. The lowest BCUT2D eigenvalue weighted by Gasteiger charge is -2.04. The number of hydrogen-bond acceptors (Lipinski definition) is 4. The monoisotopic (exact) mass is 401 g/mol. The van der Waals surface area contributed by atoms with Crippen LogP contribution in [-0.4, -0.2) is 17.0 Å². The first-order valence-corrected chi connectivity index (χ1v) is 9.22. The zero-order chi connectivity index (χ0) is 19.6. The Hall–Kier alpha value is -2.83. The molecule has 2 N–H and O–H groups in total. The van der Waals surface area contributed by atoms with Crippen LogP contribution >= 0.6 is 22.9 Å². The molecule has 0 aliphatic rings. The predicted molar refractivity (Wildman–Crippen MR) is 106 cm³/mol. The minimum Gasteiger partial charge on any atom is -0.477 e. The number of aryl methyl sites for hydroxylation is 2. The summed E-state index contributed by atoms with van der Waals surface area (Å²) in [5.41, 5.74) is 0.961. The number of aliphatic carboxylic acids is 1. The quantitative estimate of drug-likeness (QED) is 0.580. The van der Waals surface area contributed by atoms with Crippen molar-refractivity contribution in [3.8, 4) is 10.4 Å². The molecular weight excluding hydrogens is 386 g/mol. The number of thiophene rings is 1. The molecule has 138 valence electrons. The zero-order valence-corrected chi connectivity index (χ0v) is 16.1. The second-order valence-corrected chi connectivity index (χ2v) is 7.35. The number of rotatable bonds is 5. The molecule has 0 spiro atoms. The van der Waals surface area contributed by atoms with Crippen LogP contribution < -0.4 is 5.32 Å². The van der Waals surface area contributed by atoms with E-state index in [1.165, 1.54) is 17.4 Å². The van der Waals surface area contributed by atoms with E-state index in [0.29, 0.717) is 27.0 Å². The van der Waals surface area contributed by atoms with Crippen LogP contribution in [-0.2, 0) is 4.79 Å². The Kier molecular flexibility index (Phi) is 5.48. The third-order valence-electron chi connectivity index (χ3n) is 3.82. The van der Waals surface area contributed by atoms with Crippen molar-refractivity contribution in [1.82, 2.24) is 5.32 Å². The first-order valence-electron chi connectivity index (χ1n) is 8.03. The summed E-state index contributed by atoms with van der Waals surface area (Å²) < 4.78 is 5.32. The maximum absolute atomic E-state index is 12.4. The van der Waals surface area contributed by atoms with E-state index < -0.39 is 11.9 Å². The molecule has 0 saturated heterocycles. The lowest BCUT2D eigenvalue weighted by molar-refractivity contribution is -0.132. The van der Waals surface area contributed by atoms with E-state index in [1.54, 1.807) is 32.0 Å². The normalized spacial score (nSPS) is 11.4. The minimum absolute atomic E-state index is 0.217. The van der Waals surface area contributed by atoms with Gasteiger partial charge in [-0.25, -0.2) is 4.79 Å². The van der Waals surface area contributed by atoms with Crippen molar-refractivity contribution in [3.05, 3.63) is 75.1 Å². The number of benzene rings is 1. The molecule has 3 rings (SSSR count). The summed E-state index contributed by atoms with van der Waals surface area (Å²) >= 11 is 7.59. The lowest BCUT2D eigenvalue weighted by Crippen LogP contribution is -2.27. The summed E-state index contributed by atoms with van der Waals surface area (Å²) in [5, 5.41) is 12.5. The second kappa shape index (κ2) is 7.82. The molecule has 2 heterocycles. The smallest absolute Gasteiger partial charge is 0.352 e. The third-order valence-corrected chi connectivity index (χ3v) is 5.21. The molecule has 1 aromatic carbocycles. The van der Waals surface area contributed by atoms with Gasteiger partial charge in [0.05, 0.1) is 5.56 Å². The van der Waals surface area contributed by atoms with Gasteiger partial charge in [-0.05, 0) is 44.2 Å². The minimum atomic E-state index is -1.23. The highest BCUT2D eigenvalue weighted by atomic mass is 35.5. The number of furan rings is 1. The SMILES string of the molecule is Cc1cc(C(=O)N/C(=C\c2ccc(-c3ccccc3Cl)s2)C(=O)O)c(C)o1. The standard InChI is InChI=1S/C20H16ClNO4S/c1-11-9-15(12(2)26-11)19(23)22-17(20(24)25)10-13-7-8-18(27-13)14-5-3-4-6-16(14)21/h3-10H,1-2H3,(H,22,23)(H,24,25)/b17-10-. The summed E-state index contributed by atoms with van der Waals surface area (Å²) in [6, 6.07) is 12.6. The second-order valence-electron chi connectivity index (χ2n) is 5.83. The Bertz CT molecular complexity index is 1050. The van der Waals surface area contributed by atoms with Crippen molar-refractivity contribution in [2.75, 3.05) is 0 Å². The molecular formula is C20H16ClNO4S. The number of amides is 1. The molecule has 0 bridgehead atoms. The van der Waals surface area contributed by atoms with Crippen molar-refractivity contribution in [2.24, 2.45) is 0 Å². The van der Waals surface area contributed by atoms with Gasteiger partial charge in [-0.3, -0.25) is 4.79 Å². The van der Waals surface area contributed by atoms with Crippen molar-refractivity contribution >= 4 is 40.9 Å². The van der Waals surface area contributed by atoms with E-state index in [0.717, 1.165) is 10.4 Å². The maximum Gasteiger partial charge on any atom is 0.352 e. The first kappa shape index (κ1) is 18.9. The number of carboxylic acid groups (broad SMARTS) is 1. The summed E-state index contributed by atoms with van der Waals surface area (Å²) in [6.45, 7) is 3.38. The van der Waals surface area contributed by atoms with Crippen molar-refractivity contribution in [2.45, 2.75) is 13.8 Å². The van der Waals surface area contributed by atoms with E-state index in [2.05, 4.69) is 5.32 Å². The molecule has 0 atom stereocenters. The molecule has 0 saturated carbocycles. The predicted octanol–water partition coefficient (Wildman–Crippen LogP) is 5.13.